The third-order valence-electron chi connectivity index (χ3n) is 4.06. The molecule has 3 rings (SSSR count). The van der Waals surface area contributed by atoms with Crippen LogP contribution in [0.15, 0.2) is 48.7 Å². The molecule has 128 valence electrons. The van der Waals surface area contributed by atoms with Gasteiger partial charge in [0.15, 0.2) is 0 Å². The van der Waals surface area contributed by atoms with Crippen molar-refractivity contribution in [1.29, 1.82) is 0 Å². The lowest BCUT2D eigenvalue weighted by Gasteiger charge is -2.11. The topological polar surface area (TPSA) is 70.1 Å². The molecule has 2 aromatic carbocycles. The first-order valence-corrected chi connectivity index (χ1v) is 8.81. The van der Waals surface area contributed by atoms with Crippen LogP contribution in [0.4, 0.5) is 5.69 Å². The fourth-order valence-electron chi connectivity index (χ4n) is 2.77. The van der Waals surface area contributed by atoms with Crippen molar-refractivity contribution in [2.75, 3.05) is 12.8 Å². The van der Waals surface area contributed by atoms with Crippen molar-refractivity contribution >= 4 is 34.1 Å². The first-order chi connectivity index (χ1) is 12.0. The van der Waals surface area contributed by atoms with Gasteiger partial charge in [0.1, 0.15) is 11.4 Å². The van der Waals surface area contributed by atoms with Crippen LogP contribution in [0.2, 0.25) is 0 Å². The number of rotatable bonds is 5. The minimum absolute atomic E-state index is 0.122. The standard InChI is InChI=1S/C19H18IN3O2/c1-23-18(15(20)11-22-23)19(24)14-10-12(7-8-16(14)21)9-13-5-3-4-6-17(13)25-2/h3-8,10-11H,9,21H2,1-2H3. The third kappa shape index (κ3) is 3.53. The summed E-state index contributed by atoms with van der Waals surface area (Å²) in [5, 5.41) is 4.14. The number of carbonyl (C=O) groups is 1. The van der Waals surface area contributed by atoms with Gasteiger partial charge in [-0.15, -0.1) is 0 Å². The molecular formula is C19H18IN3O2. The van der Waals surface area contributed by atoms with Gasteiger partial charge < -0.3 is 10.5 Å². The highest BCUT2D eigenvalue weighted by Crippen LogP contribution is 2.25. The number of carbonyl (C=O) groups excluding carboxylic acids is 1. The molecule has 1 heterocycles. The monoisotopic (exact) mass is 447 g/mol. The molecule has 25 heavy (non-hydrogen) atoms. The van der Waals surface area contributed by atoms with Crippen molar-refractivity contribution < 1.29 is 9.53 Å². The summed E-state index contributed by atoms with van der Waals surface area (Å²) in [6, 6.07) is 13.4. The predicted octanol–water partition coefficient (Wildman–Crippen LogP) is 3.44. The molecular weight excluding hydrogens is 429 g/mol. The van der Waals surface area contributed by atoms with Crippen LogP contribution in [-0.4, -0.2) is 22.7 Å². The Morgan fingerprint density at radius 2 is 2.04 bits per heavy atom. The molecule has 2 N–H and O–H groups in total. The van der Waals surface area contributed by atoms with Gasteiger partial charge in [0.2, 0.25) is 5.78 Å². The van der Waals surface area contributed by atoms with E-state index in [4.69, 9.17) is 10.5 Å². The summed E-state index contributed by atoms with van der Waals surface area (Å²) in [4.78, 5) is 12.9. The number of nitrogen functional groups attached to an aromatic ring is 1. The molecule has 0 bridgehead atoms. The molecule has 0 saturated carbocycles. The Hall–Kier alpha value is -2.35. The molecule has 5 nitrogen and oxygen atoms in total. The van der Waals surface area contributed by atoms with Crippen LogP contribution in [-0.2, 0) is 13.5 Å². The number of nitrogens with two attached hydrogens (primary N) is 1. The Labute approximate surface area is 159 Å². The largest absolute Gasteiger partial charge is 0.496 e. The Morgan fingerprint density at radius 1 is 1.28 bits per heavy atom. The number of ether oxygens (including phenoxy) is 1. The molecule has 0 saturated heterocycles. The van der Waals surface area contributed by atoms with Crippen molar-refractivity contribution in [3.63, 3.8) is 0 Å². The lowest BCUT2D eigenvalue weighted by molar-refractivity contribution is 0.103. The average Bonchev–Trinajstić information content (AvgIpc) is 2.95. The van der Waals surface area contributed by atoms with Crippen molar-refractivity contribution in [3.8, 4) is 5.75 Å². The van der Waals surface area contributed by atoms with E-state index in [2.05, 4.69) is 27.7 Å². The second-order valence-electron chi connectivity index (χ2n) is 5.70. The smallest absolute Gasteiger partial charge is 0.214 e. The third-order valence-corrected chi connectivity index (χ3v) is 4.85. The van der Waals surface area contributed by atoms with Crippen LogP contribution in [0.3, 0.4) is 0 Å². The summed E-state index contributed by atoms with van der Waals surface area (Å²) in [6.07, 6.45) is 2.33. The molecule has 6 heteroatoms. The average molecular weight is 447 g/mol. The number of nitrogens with zero attached hydrogens (tertiary/aromatic N) is 2. The molecule has 0 amide bonds. The number of hydrogen-bond donors (Lipinski definition) is 1. The molecule has 3 aromatic rings. The normalized spacial score (nSPS) is 10.7. The van der Waals surface area contributed by atoms with Crippen molar-refractivity contribution in [1.82, 2.24) is 9.78 Å². The lowest BCUT2D eigenvalue weighted by atomic mass is 9.98. The molecule has 0 unspecified atom stereocenters. The Morgan fingerprint density at radius 3 is 2.72 bits per heavy atom. The van der Waals surface area contributed by atoms with Crippen LogP contribution in [0.1, 0.15) is 27.2 Å². The maximum Gasteiger partial charge on any atom is 0.214 e. The highest BCUT2D eigenvalue weighted by molar-refractivity contribution is 14.1. The Balaban J connectivity index is 1.97. The fraction of sp³-hybridized carbons (Fsp3) is 0.158. The number of para-hydroxylation sites is 1. The maximum atomic E-state index is 12.9. The van der Waals surface area contributed by atoms with Crippen LogP contribution in [0, 0.1) is 3.57 Å². The minimum Gasteiger partial charge on any atom is -0.496 e. The van der Waals surface area contributed by atoms with E-state index in [0.29, 0.717) is 23.4 Å². The summed E-state index contributed by atoms with van der Waals surface area (Å²) in [6.45, 7) is 0. The van der Waals surface area contributed by atoms with Gasteiger partial charge in [-0.05, 0) is 51.9 Å². The molecule has 0 aliphatic heterocycles. The van der Waals surface area contributed by atoms with E-state index < -0.39 is 0 Å². The highest BCUT2D eigenvalue weighted by Gasteiger charge is 2.20. The molecule has 1 aromatic heterocycles. The fourth-order valence-corrected chi connectivity index (χ4v) is 3.49. The van der Waals surface area contributed by atoms with E-state index in [1.54, 1.807) is 31.1 Å². The van der Waals surface area contributed by atoms with E-state index in [1.165, 1.54) is 0 Å². The zero-order chi connectivity index (χ0) is 18.0. The second kappa shape index (κ2) is 7.26. The molecule has 0 aliphatic carbocycles. The highest BCUT2D eigenvalue weighted by atomic mass is 127. The van der Waals surface area contributed by atoms with Crippen LogP contribution in [0.5, 0.6) is 5.75 Å². The number of anilines is 1. The summed E-state index contributed by atoms with van der Waals surface area (Å²) in [5.74, 6) is 0.706. The van der Waals surface area contributed by atoms with Gasteiger partial charge in [-0.2, -0.15) is 5.10 Å². The van der Waals surface area contributed by atoms with E-state index in [0.717, 1.165) is 20.4 Å². The summed E-state index contributed by atoms with van der Waals surface area (Å²) >= 11 is 2.11. The van der Waals surface area contributed by atoms with E-state index in [-0.39, 0.29) is 5.78 Å². The SMILES string of the molecule is COc1ccccc1Cc1ccc(N)c(C(=O)c2c(I)cnn2C)c1. The van der Waals surface area contributed by atoms with E-state index in [1.807, 2.05) is 36.4 Å². The van der Waals surface area contributed by atoms with Crippen LogP contribution < -0.4 is 10.5 Å². The number of hydrogen-bond acceptors (Lipinski definition) is 4. The van der Waals surface area contributed by atoms with Crippen molar-refractivity contribution in [2.45, 2.75) is 6.42 Å². The number of methoxy groups -OCH3 is 1. The van der Waals surface area contributed by atoms with E-state index >= 15 is 0 Å². The zero-order valence-corrected chi connectivity index (χ0v) is 16.1. The number of benzene rings is 2. The van der Waals surface area contributed by atoms with Gasteiger partial charge in [-0.3, -0.25) is 9.48 Å². The predicted molar refractivity (Wildman–Crippen MR) is 106 cm³/mol. The maximum absolute atomic E-state index is 12.9. The number of aryl methyl sites for hydroxylation is 1. The van der Waals surface area contributed by atoms with Gasteiger partial charge in [-0.1, -0.05) is 24.3 Å². The van der Waals surface area contributed by atoms with Gasteiger partial charge in [0.05, 0.1) is 16.9 Å². The zero-order valence-electron chi connectivity index (χ0n) is 14.0. The quantitative estimate of drug-likeness (QED) is 0.370. The first kappa shape index (κ1) is 17.5. The molecule has 0 fully saturated rings. The van der Waals surface area contributed by atoms with Gasteiger partial charge >= 0.3 is 0 Å². The Kier molecular flexibility index (Phi) is 5.08. The first-order valence-electron chi connectivity index (χ1n) is 7.73. The molecule has 0 aliphatic rings. The second-order valence-corrected chi connectivity index (χ2v) is 6.87. The Bertz CT molecular complexity index is 915. The molecule has 0 radical (unpaired) electrons. The molecule has 0 atom stereocenters. The number of halogens is 1. The number of ketones is 1. The summed E-state index contributed by atoms with van der Waals surface area (Å²) in [5.41, 5.74) is 9.63. The summed E-state index contributed by atoms with van der Waals surface area (Å²) in [7, 11) is 3.41. The van der Waals surface area contributed by atoms with E-state index in [9.17, 15) is 4.79 Å². The summed E-state index contributed by atoms with van der Waals surface area (Å²) < 4.78 is 7.79. The molecule has 0 spiro atoms. The van der Waals surface area contributed by atoms with Gasteiger partial charge in [0, 0.05) is 24.7 Å². The lowest BCUT2D eigenvalue weighted by Crippen LogP contribution is -2.12. The van der Waals surface area contributed by atoms with Gasteiger partial charge in [0.25, 0.3) is 0 Å². The van der Waals surface area contributed by atoms with Crippen LogP contribution >= 0.6 is 22.6 Å². The van der Waals surface area contributed by atoms with Crippen molar-refractivity contribution in [3.05, 3.63) is 74.6 Å². The van der Waals surface area contributed by atoms with Crippen molar-refractivity contribution in [2.24, 2.45) is 7.05 Å². The minimum atomic E-state index is -0.122. The van der Waals surface area contributed by atoms with Crippen LogP contribution in [0.25, 0.3) is 0 Å². The van der Waals surface area contributed by atoms with Gasteiger partial charge in [-0.25, -0.2) is 0 Å². The number of aromatic nitrogens is 2.